The third-order valence-electron chi connectivity index (χ3n) is 12.7. The number of benzene rings is 7. The van der Waals surface area contributed by atoms with Crippen molar-refractivity contribution in [2.24, 2.45) is 0 Å². The number of fused-ring (bicyclic) bond motifs is 6. The summed E-state index contributed by atoms with van der Waals surface area (Å²) >= 11 is 0. The largest absolute Gasteiger partial charge is 0.310 e. The molecular formula is C52H45N. The van der Waals surface area contributed by atoms with Crippen LogP contribution in [0.4, 0.5) is 17.1 Å². The first kappa shape index (κ1) is 32.0. The molecule has 1 nitrogen and oxygen atoms in total. The Morgan fingerprint density at radius 1 is 0.434 bits per heavy atom. The molecule has 3 aliphatic rings. The van der Waals surface area contributed by atoms with Crippen molar-refractivity contribution in [3.63, 3.8) is 0 Å². The van der Waals surface area contributed by atoms with Crippen LogP contribution in [0.15, 0.2) is 170 Å². The highest BCUT2D eigenvalue weighted by Gasteiger charge is 2.46. The molecule has 0 atom stereocenters. The molecule has 1 saturated carbocycles. The van der Waals surface area contributed by atoms with Gasteiger partial charge >= 0.3 is 0 Å². The highest BCUT2D eigenvalue weighted by molar-refractivity contribution is 5.91. The van der Waals surface area contributed by atoms with E-state index in [4.69, 9.17) is 0 Å². The molecule has 53 heavy (non-hydrogen) atoms. The Morgan fingerprint density at radius 2 is 0.925 bits per heavy atom. The number of anilines is 3. The monoisotopic (exact) mass is 683 g/mol. The summed E-state index contributed by atoms with van der Waals surface area (Å²) in [5.41, 5.74) is 18.0. The van der Waals surface area contributed by atoms with Crippen LogP contribution in [-0.2, 0) is 10.8 Å². The lowest BCUT2D eigenvalue weighted by Gasteiger charge is -2.36. The van der Waals surface area contributed by atoms with Gasteiger partial charge in [-0.2, -0.15) is 0 Å². The van der Waals surface area contributed by atoms with E-state index in [9.17, 15) is 0 Å². The van der Waals surface area contributed by atoms with Crippen molar-refractivity contribution < 1.29 is 0 Å². The molecular weight excluding hydrogens is 639 g/mol. The second-order valence-electron chi connectivity index (χ2n) is 15.9. The molecule has 0 heterocycles. The van der Waals surface area contributed by atoms with Gasteiger partial charge in [-0.25, -0.2) is 0 Å². The Hall–Kier alpha value is -5.66. The topological polar surface area (TPSA) is 3.24 Å². The first-order valence-electron chi connectivity index (χ1n) is 19.6. The zero-order valence-electron chi connectivity index (χ0n) is 30.7. The van der Waals surface area contributed by atoms with E-state index in [0.717, 1.165) is 0 Å². The van der Waals surface area contributed by atoms with Crippen LogP contribution >= 0.6 is 0 Å². The fourth-order valence-corrected chi connectivity index (χ4v) is 10.3. The van der Waals surface area contributed by atoms with Gasteiger partial charge in [0.25, 0.3) is 0 Å². The molecule has 1 heteroatoms. The van der Waals surface area contributed by atoms with Crippen LogP contribution in [0.1, 0.15) is 90.8 Å². The predicted molar refractivity (Wildman–Crippen MR) is 222 cm³/mol. The zero-order chi connectivity index (χ0) is 35.6. The highest BCUT2D eigenvalue weighted by atomic mass is 15.1. The van der Waals surface area contributed by atoms with E-state index in [1.165, 1.54) is 110 Å². The summed E-state index contributed by atoms with van der Waals surface area (Å²) < 4.78 is 0. The molecule has 0 bridgehead atoms. The minimum absolute atomic E-state index is 0.0914. The lowest BCUT2D eigenvalue weighted by atomic mass is 9.67. The zero-order valence-corrected chi connectivity index (χ0v) is 30.7. The van der Waals surface area contributed by atoms with Crippen LogP contribution < -0.4 is 4.90 Å². The van der Waals surface area contributed by atoms with Gasteiger partial charge in [-0.1, -0.05) is 173 Å². The van der Waals surface area contributed by atoms with Gasteiger partial charge in [0.2, 0.25) is 0 Å². The molecule has 0 aliphatic heterocycles. The van der Waals surface area contributed by atoms with E-state index in [1.807, 2.05) is 0 Å². The molecule has 0 N–H and O–H groups in total. The summed E-state index contributed by atoms with van der Waals surface area (Å²) in [6.07, 6.45) is 6.45. The quantitative estimate of drug-likeness (QED) is 0.169. The molecule has 0 spiro atoms. The predicted octanol–water partition coefficient (Wildman–Crippen LogP) is 13.9. The molecule has 0 radical (unpaired) electrons. The van der Waals surface area contributed by atoms with Crippen molar-refractivity contribution in [2.75, 3.05) is 4.90 Å². The minimum Gasteiger partial charge on any atom is -0.310 e. The Morgan fingerprint density at radius 3 is 1.58 bits per heavy atom. The Bertz CT molecular complexity index is 2430. The van der Waals surface area contributed by atoms with Crippen molar-refractivity contribution in [1.82, 2.24) is 0 Å². The van der Waals surface area contributed by atoms with Crippen LogP contribution in [0, 0.1) is 0 Å². The van der Waals surface area contributed by atoms with Gasteiger partial charge in [0.05, 0.1) is 5.41 Å². The molecule has 0 saturated heterocycles. The second-order valence-corrected chi connectivity index (χ2v) is 15.9. The van der Waals surface area contributed by atoms with Crippen molar-refractivity contribution in [3.8, 4) is 22.3 Å². The van der Waals surface area contributed by atoms with Crippen molar-refractivity contribution in [3.05, 3.63) is 209 Å². The molecule has 1 fully saturated rings. The first-order chi connectivity index (χ1) is 26.1. The smallest absolute Gasteiger partial charge is 0.0714 e. The molecule has 0 amide bonds. The average molecular weight is 684 g/mol. The molecule has 7 aromatic rings. The Balaban J connectivity index is 1.24. The minimum atomic E-state index is -0.458. The molecule has 10 rings (SSSR count). The SMILES string of the molecule is CC1(C)c2ccccc2-c2ccc(N(c3ccc4c(c3)C(c3ccccc3)(c3ccccc3)c3ccccc3-4)c3ccccc3C3CCCCC3)cc21. The highest BCUT2D eigenvalue weighted by Crippen LogP contribution is 2.58. The van der Waals surface area contributed by atoms with Gasteiger partial charge in [0, 0.05) is 22.5 Å². The molecule has 3 aliphatic carbocycles. The van der Waals surface area contributed by atoms with Gasteiger partial charge in [-0.05, 0) is 110 Å². The number of hydrogen-bond donors (Lipinski definition) is 0. The number of nitrogens with zero attached hydrogens (tertiary/aromatic N) is 1. The third kappa shape index (κ3) is 4.83. The maximum atomic E-state index is 2.59. The van der Waals surface area contributed by atoms with E-state index in [0.29, 0.717) is 5.92 Å². The van der Waals surface area contributed by atoms with Gasteiger partial charge < -0.3 is 4.90 Å². The van der Waals surface area contributed by atoms with Gasteiger partial charge in [0.15, 0.2) is 0 Å². The van der Waals surface area contributed by atoms with Gasteiger partial charge in [-0.3, -0.25) is 0 Å². The molecule has 0 unspecified atom stereocenters. The fourth-order valence-electron chi connectivity index (χ4n) is 10.3. The normalized spacial score (nSPS) is 16.3. The third-order valence-corrected chi connectivity index (χ3v) is 12.7. The number of hydrogen-bond acceptors (Lipinski definition) is 1. The molecule has 0 aromatic heterocycles. The fraction of sp³-hybridized carbons (Fsp3) is 0.192. The summed E-state index contributed by atoms with van der Waals surface area (Å²) in [4.78, 5) is 2.59. The van der Waals surface area contributed by atoms with Crippen molar-refractivity contribution >= 4 is 17.1 Å². The maximum absolute atomic E-state index is 2.59. The lowest BCUT2D eigenvalue weighted by Crippen LogP contribution is -2.28. The standard InChI is InChI=1S/C52H45N/c1-51(2)46-27-15-12-25-42(46)44-32-30-39(34-48(44)51)53(50-29-17-14-24-41(50)36-18-6-3-7-19-36)40-31-33-45-43-26-13-16-28-47(43)52(49(45)35-40,37-20-8-4-9-21-37)38-22-10-5-11-23-38/h4-5,8-17,20-36H,3,6-7,18-19H2,1-2H3. The number of para-hydroxylation sites is 1. The summed E-state index contributed by atoms with van der Waals surface area (Å²) in [6.45, 7) is 4.78. The van der Waals surface area contributed by atoms with Crippen LogP contribution in [0.2, 0.25) is 0 Å². The van der Waals surface area contributed by atoms with Crippen molar-refractivity contribution in [1.29, 1.82) is 0 Å². The lowest BCUT2D eigenvalue weighted by molar-refractivity contribution is 0.444. The van der Waals surface area contributed by atoms with Crippen LogP contribution in [-0.4, -0.2) is 0 Å². The summed E-state index contributed by atoms with van der Waals surface area (Å²) in [6, 6.07) is 64.2. The Kier molecular flexibility index (Phi) is 7.55. The van der Waals surface area contributed by atoms with Gasteiger partial charge in [0.1, 0.15) is 0 Å². The van der Waals surface area contributed by atoms with Crippen LogP contribution in [0.3, 0.4) is 0 Å². The van der Waals surface area contributed by atoms with E-state index in [-0.39, 0.29) is 5.41 Å². The first-order valence-corrected chi connectivity index (χ1v) is 19.6. The van der Waals surface area contributed by atoms with E-state index >= 15 is 0 Å². The van der Waals surface area contributed by atoms with E-state index in [2.05, 4.69) is 189 Å². The van der Waals surface area contributed by atoms with E-state index in [1.54, 1.807) is 0 Å². The van der Waals surface area contributed by atoms with E-state index < -0.39 is 5.41 Å². The molecule has 258 valence electrons. The van der Waals surface area contributed by atoms with Crippen LogP contribution in [0.25, 0.3) is 22.3 Å². The second kappa shape index (κ2) is 12.5. The summed E-state index contributed by atoms with van der Waals surface area (Å²) in [5.74, 6) is 0.559. The average Bonchev–Trinajstić information content (AvgIpc) is 3.64. The van der Waals surface area contributed by atoms with Crippen molar-refractivity contribution in [2.45, 2.75) is 62.7 Å². The number of rotatable bonds is 6. The van der Waals surface area contributed by atoms with Gasteiger partial charge in [-0.15, -0.1) is 0 Å². The Labute approximate surface area is 314 Å². The van der Waals surface area contributed by atoms with Crippen LogP contribution in [0.5, 0.6) is 0 Å². The summed E-state index contributed by atoms with van der Waals surface area (Å²) in [7, 11) is 0. The maximum Gasteiger partial charge on any atom is 0.0714 e. The molecule has 7 aromatic carbocycles. The summed E-state index contributed by atoms with van der Waals surface area (Å²) in [5, 5.41) is 0.